The molecule has 0 saturated carbocycles. The summed E-state index contributed by atoms with van der Waals surface area (Å²) in [6.45, 7) is 8.03. The zero-order valence-electron chi connectivity index (χ0n) is 11.0. The predicted molar refractivity (Wildman–Crippen MR) is 71.2 cm³/mol. The van der Waals surface area contributed by atoms with Crippen molar-refractivity contribution in [1.29, 1.82) is 0 Å². The minimum Gasteiger partial charge on any atom is -0.381 e. The number of hydrogen-bond donors (Lipinski definition) is 2. The molecular weight excluding hydrogens is 240 g/mol. The van der Waals surface area contributed by atoms with Crippen LogP contribution in [0.1, 0.15) is 33.6 Å². The lowest BCUT2D eigenvalue weighted by molar-refractivity contribution is -0.130. The highest BCUT2D eigenvalue weighted by Crippen LogP contribution is 2.19. The average molecular weight is 265 g/mol. The van der Waals surface area contributed by atoms with Crippen LogP contribution in [-0.4, -0.2) is 31.2 Å². The maximum Gasteiger partial charge on any atom is 0.223 e. The van der Waals surface area contributed by atoms with Crippen molar-refractivity contribution in [2.75, 3.05) is 19.8 Å². The van der Waals surface area contributed by atoms with E-state index >= 15 is 0 Å². The van der Waals surface area contributed by atoms with Crippen LogP contribution in [0, 0.1) is 11.8 Å². The number of carbonyl (C=O) groups is 1. The van der Waals surface area contributed by atoms with Crippen molar-refractivity contribution in [3.63, 3.8) is 0 Å². The van der Waals surface area contributed by atoms with Crippen LogP contribution in [0.2, 0.25) is 0 Å². The molecule has 1 rings (SSSR count). The van der Waals surface area contributed by atoms with E-state index in [1.54, 1.807) is 0 Å². The zero-order valence-corrected chi connectivity index (χ0v) is 11.8. The van der Waals surface area contributed by atoms with Gasteiger partial charge < -0.3 is 15.8 Å². The molecule has 1 atom stereocenters. The van der Waals surface area contributed by atoms with E-state index < -0.39 is 0 Å². The van der Waals surface area contributed by atoms with E-state index in [-0.39, 0.29) is 29.8 Å². The van der Waals surface area contributed by atoms with Crippen molar-refractivity contribution in [2.24, 2.45) is 17.6 Å². The third kappa shape index (κ3) is 4.45. The quantitative estimate of drug-likeness (QED) is 0.805. The molecule has 1 saturated heterocycles. The van der Waals surface area contributed by atoms with E-state index in [0.717, 1.165) is 12.8 Å². The van der Waals surface area contributed by atoms with Gasteiger partial charge in [-0.2, -0.15) is 0 Å². The van der Waals surface area contributed by atoms with Crippen LogP contribution in [-0.2, 0) is 9.53 Å². The van der Waals surface area contributed by atoms with E-state index in [0.29, 0.717) is 25.7 Å². The molecule has 17 heavy (non-hydrogen) atoms. The number of rotatable bonds is 4. The fourth-order valence-corrected chi connectivity index (χ4v) is 1.77. The van der Waals surface area contributed by atoms with Gasteiger partial charge in [0.05, 0.1) is 5.54 Å². The lowest BCUT2D eigenvalue weighted by Gasteiger charge is -2.35. The molecule has 1 heterocycles. The largest absolute Gasteiger partial charge is 0.381 e. The summed E-state index contributed by atoms with van der Waals surface area (Å²) in [7, 11) is 0. The average Bonchev–Trinajstić information content (AvgIpc) is 2.29. The van der Waals surface area contributed by atoms with Gasteiger partial charge in [0.1, 0.15) is 0 Å². The van der Waals surface area contributed by atoms with Crippen LogP contribution in [0.25, 0.3) is 0 Å². The molecule has 4 nitrogen and oxygen atoms in total. The van der Waals surface area contributed by atoms with E-state index in [4.69, 9.17) is 10.5 Å². The van der Waals surface area contributed by atoms with Crippen molar-refractivity contribution in [2.45, 2.75) is 39.2 Å². The smallest absolute Gasteiger partial charge is 0.223 e. The zero-order chi connectivity index (χ0) is 12.2. The highest BCUT2D eigenvalue weighted by atomic mass is 35.5. The molecule has 1 fully saturated rings. The molecule has 0 spiro atoms. The summed E-state index contributed by atoms with van der Waals surface area (Å²) in [6.07, 6.45) is 1.65. The van der Waals surface area contributed by atoms with Gasteiger partial charge in [-0.05, 0) is 25.7 Å². The second-order valence-corrected chi connectivity index (χ2v) is 5.15. The normalized spacial score (nSPS) is 20.5. The number of nitrogens with two attached hydrogens (primary N) is 1. The first-order valence-electron chi connectivity index (χ1n) is 6.09. The summed E-state index contributed by atoms with van der Waals surface area (Å²) in [5, 5.41) is 3.09. The molecule has 1 aliphatic rings. The molecular formula is C12H25ClN2O2. The molecule has 0 aromatic carbocycles. The Morgan fingerprint density at radius 1 is 1.47 bits per heavy atom. The minimum atomic E-state index is -0.296. The Morgan fingerprint density at radius 2 is 2.00 bits per heavy atom. The Bertz CT molecular complexity index is 243. The SMILES string of the molecule is CC(C)C(C)(CN)NC(=O)C1CCOCC1.Cl. The topological polar surface area (TPSA) is 64.3 Å². The fourth-order valence-electron chi connectivity index (χ4n) is 1.77. The van der Waals surface area contributed by atoms with Crippen LogP contribution in [0.15, 0.2) is 0 Å². The maximum absolute atomic E-state index is 12.1. The molecule has 0 aromatic heterocycles. The maximum atomic E-state index is 12.1. The number of halogens is 1. The Balaban J connectivity index is 0.00000256. The first-order chi connectivity index (χ1) is 7.49. The van der Waals surface area contributed by atoms with E-state index in [9.17, 15) is 4.79 Å². The summed E-state index contributed by atoms with van der Waals surface area (Å²) >= 11 is 0. The van der Waals surface area contributed by atoms with E-state index in [2.05, 4.69) is 19.2 Å². The van der Waals surface area contributed by atoms with Gasteiger partial charge >= 0.3 is 0 Å². The minimum absolute atomic E-state index is 0. The van der Waals surface area contributed by atoms with Gasteiger partial charge in [0.2, 0.25) is 5.91 Å². The molecule has 0 aliphatic carbocycles. The van der Waals surface area contributed by atoms with Crippen LogP contribution in [0.4, 0.5) is 0 Å². The molecule has 0 bridgehead atoms. The summed E-state index contributed by atoms with van der Waals surface area (Å²) in [5.74, 6) is 0.560. The number of nitrogens with one attached hydrogen (secondary N) is 1. The van der Waals surface area contributed by atoms with Gasteiger partial charge in [-0.1, -0.05) is 13.8 Å². The molecule has 102 valence electrons. The molecule has 0 radical (unpaired) electrons. The van der Waals surface area contributed by atoms with Crippen LogP contribution < -0.4 is 11.1 Å². The van der Waals surface area contributed by atoms with Crippen molar-refractivity contribution in [3.8, 4) is 0 Å². The second-order valence-electron chi connectivity index (χ2n) is 5.15. The summed E-state index contributed by atoms with van der Waals surface area (Å²) in [5.41, 5.74) is 5.45. The third-order valence-electron chi connectivity index (χ3n) is 3.70. The lowest BCUT2D eigenvalue weighted by Crippen LogP contribution is -2.56. The Labute approximate surface area is 110 Å². The van der Waals surface area contributed by atoms with Crippen molar-refractivity contribution in [3.05, 3.63) is 0 Å². The highest BCUT2D eigenvalue weighted by molar-refractivity contribution is 5.85. The molecule has 1 aliphatic heterocycles. The number of hydrogen-bond acceptors (Lipinski definition) is 3. The summed E-state index contributed by atoms with van der Waals surface area (Å²) in [6, 6.07) is 0. The molecule has 0 aromatic rings. The van der Waals surface area contributed by atoms with Crippen LogP contribution in [0.3, 0.4) is 0 Å². The molecule has 1 amide bonds. The first kappa shape index (κ1) is 16.7. The van der Waals surface area contributed by atoms with Gasteiger partial charge in [0.15, 0.2) is 0 Å². The van der Waals surface area contributed by atoms with Gasteiger partial charge in [0.25, 0.3) is 0 Å². The van der Waals surface area contributed by atoms with Crippen LogP contribution in [0.5, 0.6) is 0 Å². The molecule has 3 N–H and O–H groups in total. The Kier molecular flexibility index (Phi) is 7.05. The number of amides is 1. The van der Waals surface area contributed by atoms with Gasteiger partial charge in [-0.3, -0.25) is 4.79 Å². The number of carbonyl (C=O) groups excluding carboxylic acids is 1. The van der Waals surface area contributed by atoms with Crippen molar-refractivity contribution < 1.29 is 9.53 Å². The summed E-state index contributed by atoms with van der Waals surface area (Å²) in [4.78, 5) is 12.1. The summed E-state index contributed by atoms with van der Waals surface area (Å²) < 4.78 is 5.25. The predicted octanol–water partition coefficient (Wildman–Crippen LogP) is 1.32. The van der Waals surface area contributed by atoms with Gasteiger partial charge in [0, 0.05) is 25.7 Å². The van der Waals surface area contributed by atoms with Gasteiger partial charge in [-0.15, -0.1) is 12.4 Å². The molecule has 1 unspecified atom stereocenters. The third-order valence-corrected chi connectivity index (χ3v) is 3.70. The van der Waals surface area contributed by atoms with E-state index in [1.807, 2.05) is 6.92 Å². The monoisotopic (exact) mass is 264 g/mol. The standard InChI is InChI=1S/C12H24N2O2.ClH/c1-9(2)12(3,8-13)14-11(15)10-4-6-16-7-5-10;/h9-10H,4-8,13H2,1-3H3,(H,14,15);1H. The highest BCUT2D eigenvalue weighted by Gasteiger charge is 2.31. The van der Waals surface area contributed by atoms with Crippen molar-refractivity contribution >= 4 is 18.3 Å². The number of ether oxygens (including phenoxy) is 1. The Morgan fingerprint density at radius 3 is 2.41 bits per heavy atom. The lowest BCUT2D eigenvalue weighted by atomic mass is 9.87. The molecule has 5 heteroatoms. The van der Waals surface area contributed by atoms with Crippen molar-refractivity contribution in [1.82, 2.24) is 5.32 Å². The van der Waals surface area contributed by atoms with E-state index in [1.165, 1.54) is 0 Å². The first-order valence-corrected chi connectivity index (χ1v) is 6.09. The van der Waals surface area contributed by atoms with Crippen LogP contribution >= 0.6 is 12.4 Å². The fraction of sp³-hybridized carbons (Fsp3) is 0.917. The second kappa shape index (κ2) is 7.19. The van der Waals surface area contributed by atoms with Gasteiger partial charge in [-0.25, -0.2) is 0 Å². The Hall–Kier alpha value is -0.320.